The first-order chi connectivity index (χ1) is 17.8. The van der Waals surface area contributed by atoms with E-state index in [1.165, 1.54) is 31.6 Å². The van der Waals surface area contributed by atoms with Gasteiger partial charge in [0.25, 0.3) is 15.9 Å². The number of amides is 1. The summed E-state index contributed by atoms with van der Waals surface area (Å²) >= 11 is 0. The molecule has 0 bridgehead atoms. The molecule has 1 aliphatic heterocycles. The Balaban J connectivity index is 0.00000400. The van der Waals surface area contributed by atoms with E-state index in [4.69, 9.17) is 4.74 Å². The maximum absolute atomic E-state index is 13.9. The molecule has 1 aliphatic rings. The van der Waals surface area contributed by atoms with Crippen molar-refractivity contribution in [2.24, 2.45) is 0 Å². The number of pyridine rings is 1. The highest BCUT2D eigenvalue weighted by molar-refractivity contribution is 7.93. The van der Waals surface area contributed by atoms with Gasteiger partial charge in [-0.2, -0.15) is 4.73 Å². The number of methoxy groups -OCH3 is 1. The summed E-state index contributed by atoms with van der Waals surface area (Å²) in [6.07, 6.45) is 6.26. The predicted molar refractivity (Wildman–Crippen MR) is 150 cm³/mol. The minimum atomic E-state index is -4.24. The van der Waals surface area contributed by atoms with Gasteiger partial charge in [0.2, 0.25) is 0 Å². The Labute approximate surface area is 229 Å². The van der Waals surface area contributed by atoms with Crippen LogP contribution in [-0.4, -0.2) is 71.0 Å². The molecule has 1 aromatic heterocycles. The van der Waals surface area contributed by atoms with E-state index in [0.717, 1.165) is 23.0 Å². The lowest BCUT2D eigenvalue weighted by molar-refractivity contribution is -0.605. The number of benzene rings is 2. The molecule has 1 saturated heterocycles. The summed E-state index contributed by atoms with van der Waals surface area (Å²) in [5, 5.41) is 11.3. The molecule has 9 nitrogen and oxygen atoms in total. The molecular formula is C27H31ClN4O5S. The number of para-hydroxylation sites is 1. The highest BCUT2D eigenvalue weighted by Crippen LogP contribution is 2.30. The molecule has 0 N–H and O–H groups in total. The van der Waals surface area contributed by atoms with Crippen LogP contribution >= 0.6 is 12.4 Å². The van der Waals surface area contributed by atoms with E-state index in [1.807, 2.05) is 11.9 Å². The van der Waals surface area contributed by atoms with Gasteiger partial charge in [0, 0.05) is 38.3 Å². The summed E-state index contributed by atoms with van der Waals surface area (Å²) in [6.45, 7) is 2.93. The average Bonchev–Trinajstić information content (AvgIpc) is 2.90. The highest BCUT2D eigenvalue weighted by Gasteiger charge is 2.33. The van der Waals surface area contributed by atoms with E-state index in [0.29, 0.717) is 29.1 Å². The molecule has 2 aromatic carbocycles. The number of aromatic nitrogens is 1. The third kappa shape index (κ3) is 6.90. The van der Waals surface area contributed by atoms with Gasteiger partial charge in [-0.1, -0.05) is 30.4 Å². The van der Waals surface area contributed by atoms with E-state index in [2.05, 4.69) is 4.90 Å². The zero-order valence-electron chi connectivity index (χ0n) is 21.3. The fourth-order valence-corrected chi connectivity index (χ4v) is 5.49. The molecule has 11 heteroatoms. The number of hydrogen-bond acceptors (Lipinski definition) is 7. The van der Waals surface area contributed by atoms with Crippen molar-refractivity contribution in [1.29, 1.82) is 0 Å². The molecule has 1 amide bonds. The van der Waals surface area contributed by atoms with Crippen molar-refractivity contribution < 1.29 is 22.7 Å². The second-order valence-corrected chi connectivity index (χ2v) is 10.6. The zero-order valence-corrected chi connectivity index (χ0v) is 22.9. The third-order valence-corrected chi connectivity index (χ3v) is 7.97. The molecule has 0 aliphatic carbocycles. The largest absolute Gasteiger partial charge is 0.619 e. The monoisotopic (exact) mass is 558 g/mol. The Morgan fingerprint density at radius 1 is 1.00 bits per heavy atom. The second kappa shape index (κ2) is 12.9. The van der Waals surface area contributed by atoms with Gasteiger partial charge in [0.1, 0.15) is 5.75 Å². The van der Waals surface area contributed by atoms with Crippen LogP contribution in [0.15, 0.2) is 78.0 Å². The number of rotatable bonds is 8. The number of halogens is 1. The highest BCUT2D eigenvalue weighted by atomic mass is 35.5. The van der Waals surface area contributed by atoms with Crippen molar-refractivity contribution in [1.82, 2.24) is 9.80 Å². The normalized spacial score (nSPS) is 14.7. The topological polar surface area (TPSA) is 97.1 Å². The van der Waals surface area contributed by atoms with Gasteiger partial charge in [-0.25, -0.2) is 12.7 Å². The van der Waals surface area contributed by atoms with Crippen molar-refractivity contribution >= 4 is 46.2 Å². The molecule has 1 fully saturated rings. The maximum atomic E-state index is 13.9. The number of sulfonamides is 1. The number of hydrogen-bond donors (Lipinski definition) is 0. The molecule has 3 aromatic rings. The Bertz CT molecular complexity index is 1360. The van der Waals surface area contributed by atoms with Crippen molar-refractivity contribution in [3.8, 4) is 5.75 Å². The van der Waals surface area contributed by atoms with Crippen molar-refractivity contribution in [3.63, 3.8) is 0 Å². The molecule has 4 rings (SSSR count). The van der Waals surface area contributed by atoms with E-state index >= 15 is 0 Å². The van der Waals surface area contributed by atoms with E-state index < -0.39 is 15.9 Å². The molecule has 0 radical (unpaired) electrons. The number of likely N-dealkylation sites (N-methyl/N-ethyl adjacent to an activating group) is 1. The van der Waals surface area contributed by atoms with Crippen LogP contribution in [0.4, 0.5) is 5.69 Å². The van der Waals surface area contributed by atoms with Gasteiger partial charge in [-0.3, -0.25) is 9.69 Å². The molecular weight excluding hydrogens is 528 g/mol. The molecule has 2 heterocycles. The minimum absolute atomic E-state index is 0. The summed E-state index contributed by atoms with van der Waals surface area (Å²) in [5.41, 5.74) is 1.56. The number of piperazine rings is 1. The van der Waals surface area contributed by atoms with Crippen molar-refractivity contribution in [3.05, 3.63) is 89.4 Å². The van der Waals surface area contributed by atoms with Crippen LogP contribution in [-0.2, 0) is 14.8 Å². The van der Waals surface area contributed by atoms with Crippen molar-refractivity contribution in [2.45, 2.75) is 4.90 Å². The lowest BCUT2D eigenvalue weighted by Crippen LogP contribution is -2.50. The number of ether oxygens (including phenoxy) is 1. The number of carbonyl (C=O) groups excluding carboxylic acids is 1. The second-order valence-electron chi connectivity index (χ2n) is 8.80. The summed E-state index contributed by atoms with van der Waals surface area (Å²) in [5.74, 6) is -0.0202. The summed E-state index contributed by atoms with van der Waals surface area (Å²) < 4.78 is 34.6. The predicted octanol–water partition coefficient (Wildman–Crippen LogP) is 2.89. The van der Waals surface area contributed by atoms with Crippen LogP contribution in [0.2, 0.25) is 0 Å². The first-order valence-corrected chi connectivity index (χ1v) is 13.3. The molecule has 202 valence electrons. The maximum Gasteiger partial charge on any atom is 0.270 e. The fourth-order valence-electron chi connectivity index (χ4n) is 4.05. The third-order valence-electron chi connectivity index (χ3n) is 6.22. The Morgan fingerprint density at radius 3 is 2.26 bits per heavy atom. The van der Waals surface area contributed by atoms with Crippen LogP contribution in [0.1, 0.15) is 11.1 Å². The molecule has 38 heavy (non-hydrogen) atoms. The zero-order chi connectivity index (χ0) is 26.4. The molecule has 0 saturated carbocycles. The Kier molecular flexibility index (Phi) is 9.87. The van der Waals surface area contributed by atoms with Crippen LogP contribution in [0.25, 0.3) is 12.2 Å². The minimum Gasteiger partial charge on any atom is -0.619 e. The first-order valence-electron chi connectivity index (χ1n) is 11.9. The summed E-state index contributed by atoms with van der Waals surface area (Å²) in [4.78, 5) is 17.8. The van der Waals surface area contributed by atoms with Gasteiger partial charge in [-0.15, -0.1) is 12.4 Å². The fraction of sp³-hybridized carbons (Fsp3) is 0.259. The lowest BCUT2D eigenvalue weighted by atomic mass is 10.1. The van der Waals surface area contributed by atoms with E-state index in [-0.39, 0.29) is 29.5 Å². The van der Waals surface area contributed by atoms with Gasteiger partial charge >= 0.3 is 0 Å². The standard InChI is InChI=1S/C27H30N4O5S.ClH/c1-28-17-19-29(20-18-28)21-27(32)31(37(34,35)25-11-9-24(36-2)10-12-25)26-6-4-3-5-23(26)8-7-22-13-15-30(33)16-14-22;/h3-16H,17-21H2,1-2H3;1H. The van der Waals surface area contributed by atoms with Crippen LogP contribution in [0.3, 0.4) is 0 Å². The van der Waals surface area contributed by atoms with Gasteiger partial charge in [0.05, 0.1) is 24.2 Å². The number of carbonyl (C=O) groups is 1. The average molecular weight is 559 g/mol. The lowest BCUT2D eigenvalue weighted by Gasteiger charge is -2.33. The van der Waals surface area contributed by atoms with E-state index in [9.17, 15) is 18.4 Å². The quantitative estimate of drug-likeness (QED) is 0.310. The SMILES string of the molecule is COc1ccc(S(=O)(=O)N(C(=O)CN2CCN(C)CC2)c2ccccc2C=Cc2cc[n+]([O-])cc2)cc1.Cl. The molecule has 0 spiro atoms. The Hall–Kier alpha value is -3.44. The number of anilines is 1. The van der Waals surface area contributed by atoms with Gasteiger partial charge in [0.15, 0.2) is 12.4 Å². The van der Waals surface area contributed by atoms with E-state index in [1.54, 1.807) is 60.7 Å². The van der Waals surface area contributed by atoms with Gasteiger partial charge in [-0.05, 0) is 48.5 Å². The Morgan fingerprint density at radius 2 is 1.63 bits per heavy atom. The molecule has 0 atom stereocenters. The van der Waals surface area contributed by atoms with Crippen molar-refractivity contribution in [2.75, 3.05) is 51.2 Å². The van der Waals surface area contributed by atoms with Crippen LogP contribution in [0, 0.1) is 5.21 Å². The summed E-state index contributed by atoms with van der Waals surface area (Å²) in [7, 11) is -0.718. The van der Waals surface area contributed by atoms with Crippen LogP contribution in [0.5, 0.6) is 5.75 Å². The number of nitrogens with zero attached hydrogens (tertiary/aromatic N) is 4. The smallest absolute Gasteiger partial charge is 0.270 e. The molecule has 0 unspecified atom stereocenters. The first kappa shape index (κ1) is 29.1. The summed E-state index contributed by atoms with van der Waals surface area (Å²) in [6, 6.07) is 16.1. The van der Waals surface area contributed by atoms with Crippen LogP contribution < -0.4 is 13.8 Å². The van der Waals surface area contributed by atoms with Gasteiger partial charge < -0.3 is 14.8 Å².